The lowest BCUT2D eigenvalue weighted by atomic mass is 9.73. The molecule has 3 nitrogen and oxygen atoms in total. The van der Waals surface area contributed by atoms with E-state index in [4.69, 9.17) is 0 Å². The number of aryl methyl sites for hydroxylation is 1. The first-order chi connectivity index (χ1) is 15.3. The first-order valence-electron chi connectivity index (χ1n) is 11.9. The number of hydrogen-bond acceptors (Lipinski definition) is 2. The highest BCUT2D eigenvalue weighted by Gasteiger charge is 2.29. The summed E-state index contributed by atoms with van der Waals surface area (Å²) in [6.45, 7) is 12.2. The third kappa shape index (κ3) is 4.53. The van der Waals surface area contributed by atoms with Crippen molar-refractivity contribution in [3.8, 4) is 0 Å². The molecule has 3 heteroatoms. The van der Waals surface area contributed by atoms with Crippen molar-refractivity contribution < 1.29 is 9.90 Å². The van der Waals surface area contributed by atoms with Crippen LogP contribution in [-0.2, 0) is 5.41 Å². The second-order valence-electron chi connectivity index (χ2n) is 10.2. The van der Waals surface area contributed by atoms with Crippen LogP contribution < -0.4 is 5.32 Å². The Morgan fingerprint density at radius 3 is 2.41 bits per heavy atom. The molecule has 168 valence electrons. The number of hydrogen-bond donors (Lipinski definition) is 2. The van der Waals surface area contributed by atoms with Gasteiger partial charge in [-0.05, 0) is 83.5 Å². The van der Waals surface area contributed by atoms with Crippen molar-refractivity contribution in [3.63, 3.8) is 0 Å². The Balaban J connectivity index is 1.65. The summed E-state index contributed by atoms with van der Waals surface area (Å²) in [4.78, 5) is 11.2. The van der Waals surface area contributed by atoms with Crippen molar-refractivity contribution in [2.75, 3.05) is 6.54 Å². The molecule has 2 aliphatic rings. The van der Waals surface area contributed by atoms with E-state index in [1.807, 2.05) is 12.1 Å². The van der Waals surface area contributed by atoms with E-state index in [9.17, 15) is 9.90 Å². The normalized spacial score (nSPS) is 17.9. The van der Waals surface area contributed by atoms with Gasteiger partial charge in [-0.3, -0.25) is 0 Å². The van der Waals surface area contributed by atoms with Gasteiger partial charge in [-0.25, -0.2) is 4.79 Å². The number of fused-ring (bicyclic) bond motifs is 1. The van der Waals surface area contributed by atoms with Gasteiger partial charge in [-0.1, -0.05) is 64.0 Å². The third-order valence-corrected chi connectivity index (χ3v) is 7.31. The van der Waals surface area contributed by atoms with Crippen LogP contribution in [0.4, 0.5) is 0 Å². The molecule has 0 saturated heterocycles. The molecule has 1 fully saturated rings. The Kier molecular flexibility index (Phi) is 6.28. The fourth-order valence-corrected chi connectivity index (χ4v) is 5.18. The van der Waals surface area contributed by atoms with Crippen molar-refractivity contribution in [2.24, 2.45) is 5.92 Å². The van der Waals surface area contributed by atoms with E-state index in [1.54, 1.807) is 12.1 Å². The summed E-state index contributed by atoms with van der Waals surface area (Å²) in [5, 5.41) is 13.0. The van der Waals surface area contributed by atoms with E-state index < -0.39 is 5.97 Å². The van der Waals surface area contributed by atoms with E-state index in [0.29, 0.717) is 5.56 Å². The molecule has 0 aliphatic heterocycles. The second kappa shape index (κ2) is 8.97. The zero-order valence-corrected chi connectivity index (χ0v) is 19.6. The summed E-state index contributed by atoms with van der Waals surface area (Å²) in [5.74, 6) is -0.135. The molecule has 2 aromatic rings. The highest BCUT2D eigenvalue weighted by Crippen LogP contribution is 2.41. The third-order valence-electron chi connectivity index (χ3n) is 7.31. The summed E-state index contributed by atoms with van der Waals surface area (Å²) in [6.07, 6.45) is 10.2. The molecular formula is C29H35NO2. The maximum absolute atomic E-state index is 11.2. The molecule has 1 saturated carbocycles. The quantitative estimate of drug-likeness (QED) is 0.522. The Labute approximate surface area is 192 Å². The largest absolute Gasteiger partial charge is 0.478 e. The van der Waals surface area contributed by atoms with Gasteiger partial charge >= 0.3 is 5.97 Å². The maximum Gasteiger partial charge on any atom is 0.335 e. The molecule has 2 N–H and O–H groups in total. The minimum absolute atomic E-state index is 0.0963. The SMILES string of the molecule is C=C(c1ccc(C(=O)O)cc1)c1cc2c(cc1C)C(C)(C)CC=C2NCC1CCCCC1. The lowest BCUT2D eigenvalue weighted by molar-refractivity contribution is 0.0697. The summed E-state index contributed by atoms with van der Waals surface area (Å²) in [6, 6.07) is 11.6. The molecule has 4 rings (SSSR count). The predicted octanol–water partition coefficient (Wildman–Crippen LogP) is 6.95. The van der Waals surface area contributed by atoms with Crippen molar-refractivity contribution >= 4 is 17.2 Å². The molecule has 0 amide bonds. The molecule has 2 aliphatic carbocycles. The molecule has 32 heavy (non-hydrogen) atoms. The highest BCUT2D eigenvalue weighted by molar-refractivity contribution is 5.89. The summed E-state index contributed by atoms with van der Waals surface area (Å²) >= 11 is 0. The van der Waals surface area contributed by atoms with Gasteiger partial charge in [0.2, 0.25) is 0 Å². The zero-order chi connectivity index (χ0) is 22.9. The van der Waals surface area contributed by atoms with E-state index in [-0.39, 0.29) is 5.41 Å². The molecule has 0 spiro atoms. The molecule has 0 unspecified atom stereocenters. The molecule has 0 bridgehead atoms. The number of allylic oxidation sites excluding steroid dienone is 1. The molecular weight excluding hydrogens is 394 g/mol. The fourth-order valence-electron chi connectivity index (χ4n) is 5.18. The number of aromatic carboxylic acids is 1. The number of benzene rings is 2. The molecule has 0 heterocycles. The van der Waals surface area contributed by atoms with Crippen molar-refractivity contribution in [1.29, 1.82) is 0 Å². The van der Waals surface area contributed by atoms with Crippen LogP contribution in [0.3, 0.4) is 0 Å². The minimum atomic E-state index is -0.909. The Morgan fingerprint density at radius 1 is 1.09 bits per heavy atom. The first-order valence-corrected chi connectivity index (χ1v) is 11.9. The Bertz CT molecular complexity index is 1050. The number of carboxylic acid groups (broad SMARTS) is 1. The van der Waals surface area contributed by atoms with Crippen LogP contribution in [0.1, 0.15) is 90.5 Å². The molecule has 0 atom stereocenters. The molecule has 0 radical (unpaired) electrons. The van der Waals surface area contributed by atoms with Gasteiger partial charge in [0.05, 0.1) is 5.56 Å². The minimum Gasteiger partial charge on any atom is -0.478 e. The standard InChI is InChI=1S/C29H35NO2/c1-19-16-26-25(17-24(19)20(2)22-10-12-23(13-11-22)28(31)32)27(14-15-29(26,3)4)30-18-21-8-6-5-7-9-21/h10-14,16-17,21,30H,2,5-9,15,18H2,1,3-4H3,(H,31,32). The summed E-state index contributed by atoms with van der Waals surface area (Å²) < 4.78 is 0. The van der Waals surface area contributed by atoms with E-state index in [0.717, 1.165) is 35.6 Å². The van der Waals surface area contributed by atoms with Gasteiger partial charge in [0.1, 0.15) is 0 Å². The monoisotopic (exact) mass is 429 g/mol. The van der Waals surface area contributed by atoms with Crippen LogP contribution in [0.25, 0.3) is 11.3 Å². The van der Waals surface area contributed by atoms with Gasteiger partial charge < -0.3 is 10.4 Å². The fraction of sp³-hybridized carbons (Fsp3) is 0.414. The maximum atomic E-state index is 11.2. The van der Waals surface area contributed by atoms with Crippen LogP contribution in [0.2, 0.25) is 0 Å². The number of rotatable bonds is 6. The van der Waals surface area contributed by atoms with Crippen LogP contribution in [-0.4, -0.2) is 17.6 Å². The second-order valence-corrected chi connectivity index (χ2v) is 10.2. The number of carboxylic acids is 1. The average molecular weight is 430 g/mol. The number of nitrogens with one attached hydrogen (secondary N) is 1. The van der Waals surface area contributed by atoms with Gasteiger partial charge in [-0.2, -0.15) is 0 Å². The van der Waals surface area contributed by atoms with Crippen molar-refractivity contribution in [2.45, 2.75) is 64.7 Å². The van der Waals surface area contributed by atoms with Crippen LogP contribution in [0.15, 0.2) is 49.1 Å². The molecule has 2 aromatic carbocycles. The van der Waals surface area contributed by atoms with Crippen LogP contribution in [0.5, 0.6) is 0 Å². The van der Waals surface area contributed by atoms with Gasteiger partial charge in [-0.15, -0.1) is 0 Å². The van der Waals surface area contributed by atoms with Crippen molar-refractivity contribution in [1.82, 2.24) is 5.32 Å². The Morgan fingerprint density at radius 2 is 1.75 bits per heavy atom. The summed E-state index contributed by atoms with van der Waals surface area (Å²) in [7, 11) is 0. The lowest BCUT2D eigenvalue weighted by Crippen LogP contribution is -2.29. The topological polar surface area (TPSA) is 49.3 Å². The summed E-state index contributed by atoms with van der Waals surface area (Å²) in [5.41, 5.74) is 8.52. The highest BCUT2D eigenvalue weighted by atomic mass is 16.4. The first kappa shape index (κ1) is 22.4. The van der Waals surface area contributed by atoms with Gasteiger partial charge in [0, 0.05) is 17.8 Å². The van der Waals surface area contributed by atoms with Crippen molar-refractivity contribution in [3.05, 3.63) is 82.4 Å². The number of carbonyl (C=O) groups is 1. The average Bonchev–Trinajstić information content (AvgIpc) is 2.79. The smallest absolute Gasteiger partial charge is 0.335 e. The van der Waals surface area contributed by atoms with Gasteiger partial charge in [0.25, 0.3) is 0 Å². The van der Waals surface area contributed by atoms with Gasteiger partial charge in [0.15, 0.2) is 0 Å². The van der Waals surface area contributed by atoms with E-state index >= 15 is 0 Å². The zero-order valence-electron chi connectivity index (χ0n) is 19.6. The van der Waals surface area contributed by atoms with Crippen LogP contribution in [0, 0.1) is 12.8 Å². The molecule has 0 aromatic heterocycles. The Hall–Kier alpha value is -2.81. The predicted molar refractivity (Wildman–Crippen MR) is 133 cm³/mol. The lowest BCUT2D eigenvalue weighted by Gasteiger charge is -2.34. The van der Waals surface area contributed by atoms with E-state index in [2.05, 4.69) is 50.9 Å². The van der Waals surface area contributed by atoms with Crippen LogP contribution >= 0.6 is 0 Å². The van der Waals surface area contributed by atoms with E-state index in [1.165, 1.54) is 54.5 Å².